The summed E-state index contributed by atoms with van der Waals surface area (Å²) in [5, 5.41) is 3.37. The summed E-state index contributed by atoms with van der Waals surface area (Å²) in [5.74, 6) is 0. The van der Waals surface area contributed by atoms with Gasteiger partial charge in [-0.25, -0.2) is 0 Å². The van der Waals surface area contributed by atoms with Crippen LogP contribution in [0.1, 0.15) is 17.2 Å². The van der Waals surface area contributed by atoms with Gasteiger partial charge in [-0.2, -0.15) is 0 Å². The molecule has 1 unspecified atom stereocenters. The van der Waals surface area contributed by atoms with Crippen LogP contribution in [0.25, 0.3) is 0 Å². The fourth-order valence-corrected chi connectivity index (χ4v) is 2.37. The van der Waals surface area contributed by atoms with Crippen LogP contribution in [-0.2, 0) is 0 Å². The van der Waals surface area contributed by atoms with E-state index < -0.39 is 0 Å². The average Bonchev–Trinajstić information content (AvgIpc) is 2.31. The van der Waals surface area contributed by atoms with E-state index in [0.29, 0.717) is 12.6 Å². The maximum atomic E-state index is 5.92. The number of rotatable bonds is 3. The lowest BCUT2D eigenvalue weighted by Crippen LogP contribution is -2.46. The molecule has 0 amide bonds. The molecule has 16 heavy (non-hydrogen) atoms. The monoisotopic (exact) mass is 219 g/mol. The Balaban J connectivity index is 2.14. The summed E-state index contributed by atoms with van der Waals surface area (Å²) in [7, 11) is 0. The molecule has 0 spiro atoms. The number of nitrogens with two attached hydrogens (primary N) is 1. The highest BCUT2D eigenvalue weighted by Crippen LogP contribution is 2.20. The third-order valence-electron chi connectivity index (χ3n) is 3.24. The van der Waals surface area contributed by atoms with E-state index in [2.05, 4.69) is 41.4 Å². The highest BCUT2D eigenvalue weighted by molar-refractivity contribution is 5.25. The smallest absolute Gasteiger partial charge is 0.0471 e. The molecule has 1 aromatic rings. The van der Waals surface area contributed by atoms with E-state index in [0.717, 1.165) is 26.2 Å². The van der Waals surface area contributed by atoms with Gasteiger partial charge in [0.2, 0.25) is 0 Å². The van der Waals surface area contributed by atoms with Crippen LogP contribution in [0.15, 0.2) is 24.3 Å². The maximum Gasteiger partial charge on any atom is 0.0471 e. The number of nitrogens with one attached hydrogen (secondary N) is 1. The predicted molar refractivity (Wildman–Crippen MR) is 67.4 cm³/mol. The van der Waals surface area contributed by atoms with Gasteiger partial charge in [0.05, 0.1) is 0 Å². The molecule has 1 fully saturated rings. The van der Waals surface area contributed by atoms with Gasteiger partial charge in [-0.1, -0.05) is 29.8 Å². The summed E-state index contributed by atoms with van der Waals surface area (Å²) in [5.41, 5.74) is 8.59. The minimum atomic E-state index is 0.377. The Morgan fingerprint density at radius 1 is 1.38 bits per heavy atom. The van der Waals surface area contributed by atoms with Crippen molar-refractivity contribution in [2.45, 2.75) is 13.0 Å². The Bertz CT molecular complexity index is 332. The normalized spacial score (nSPS) is 19.6. The van der Waals surface area contributed by atoms with E-state index in [9.17, 15) is 0 Å². The first-order valence-corrected chi connectivity index (χ1v) is 6.02. The van der Waals surface area contributed by atoms with Crippen LogP contribution in [-0.4, -0.2) is 37.6 Å². The minimum absolute atomic E-state index is 0.377. The summed E-state index contributed by atoms with van der Waals surface area (Å²) >= 11 is 0. The summed E-state index contributed by atoms with van der Waals surface area (Å²) in [4.78, 5) is 2.48. The molecule has 1 aliphatic rings. The number of aryl methyl sites for hydroxylation is 1. The molecule has 0 radical (unpaired) electrons. The Labute approximate surface area is 97.6 Å². The maximum absolute atomic E-state index is 5.92. The molecule has 1 atom stereocenters. The molecule has 0 aliphatic carbocycles. The molecule has 0 saturated carbocycles. The number of nitrogens with zero attached hydrogens (tertiary/aromatic N) is 1. The van der Waals surface area contributed by atoms with E-state index >= 15 is 0 Å². The Kier molecular flexibility index (Phi) is 3.93. The van der Waals surface area contributed by atoms with Gasteiger partial charge in [0, 0.05) is 38.8 Å². The van der Waals surface area contributed by atoms with Crippen LogP contribution in [0.5, 0.6) is 0 Å². The van der Waals surface area contributed by atoms with E-state index in [1.165, 1.54) is 11.1 Å². The number of benzene rings is 1. The van der Waals surface area contributed by atoms with Gasteiger partial charge >= 0.3 is 0 Å². The van der Waals surface area contributed by atoms with Crippen molar-refractivity contribution >= 4 is 0 Å². The number of hydrogen-bond donors (Lipinski definition) is 2. The average molecular weight is 219 g/mol. The van der Waals surface area contributed by atoms with E-state index in [4.69, 9.17) is 5.73 Å². The second-order valence-electron chi connectivity index (χ2n) is 4.45. The third kappa shape index (κ3) is 2.61. The molecule has 3 heteroatoms. The van der Waals surface area contributed by atoms with Gasteiger partial charge in [-0.15, -0.1) is 0 Å². The van der Waals surface area contributed by atoms with Gasteiger partial charge in [-0.3, -0.25) is 4.90 Å². The number of piperazine rings is 1. The van der Waals surface area contributed by atoms with Crippen molar-refractivity contribution in [3.8, 4) is 0 Å². The fraction of sp³-hybridized carbons (Fsp3) is 0.538. The molecular weight excluding hydrogens is 198 g/mol. The predicted octanol–water partition coefficient (Wildman–Crippen LogP) is 0.900. The molecule has 0 aromatic heterocycles. The lowest BCUT2D eigenvalue weighted by atomic mass is 10.0. The van der Waals surface area contributed by atoms with Crippen LogP contribution in [0.4, 0.5) is 0 Å². The Hall–Kier alpha value is -0.900. The van der Waals surface area contributed by atoms with E-state index in [1.807, 2.05) is 0 Å². The summed E-state index contributed by atoms with van der Waals surface area (Å²) in [6.45, 7) is 7.16. The van der Waals surface area contributed by atoms with E-state index in [-0.39, 0.29) is 0 Å². The van der Waals surface area contributed by atoms with Crippen LogP contribution in [0.3, 0.4) is 0 Å². The topological polar surface area (TPSA) is 41.3 Å². The summed E-state index contributed by atoms with van der Waals surface area (Å²) in [6, 6.07) is 9.07. The third-order valence-corrected chi connectivity index (χ3v) is 3.24. The lowest BCUT2D eigenvalue weighted by molar-refractivity contribution is 0.178. The Morgan fingerprint density at radius 3 is 2.75 bits per heavy atom. The zero-order valence-electron chi connectivity index (χ0n) is 9.95. The molecule has 0 bridgehead atoms. The van der Waals surface area contributed by atoms with E-state index in [1.54, 1.807) is 0 Å². The zero-order chi connectivity index (χ0) is 11.4. The molecule has 3 N–H and O–H groups in total. The van der Waals surface area contributed by atoms with Crippen molar-refractivity contribution in [3.05, 3.63) is 35.4 Å². The first kappa shape index (κ1) is 11.6. The minimum Gasteiger partial charge on any atom is -0.329 e. The first-order chi connectivity index (χ1) is 7.81. The molecule has 88 valence electrons. The molecule has 1 aliphatic heterocycles. The summed E-state index contributed by atoms with van der Waals surface area (Å²) in [6.07, 6.45) is 0. The second kappa shape index (κ2) is 5.43. The zero-order valence-corrected chi connectivity index (χ0v) is 9.95. The van der Waals surface area contributed by atoms with Crippen LogP contribution < -0.4 is 11.1 Å². The highest BCUT2D eigenvalue weighted by Gasteiger charge is 2.20. The van der Waals surface area contributed by atoms with Crippen molar-refractivity contribution in [2.24, 2.45) is 5.73 Å². The van der Waals surface area contributed by atoms with Crippen LogP contribution in [0.2, 0.25) is 0 Å². The highest BCUT2D eigenvalue weighted by atomic mass is 15.2. The number of hydrogen-bond acceptors (Lipinski definition) is 3. The van der Waals surface area contributed by atoms with Crippen molar-refractivity contribution in [1.29, 1.82) is 0 Å². The van der Waals surface area contributed by atoms with Crippen molar-refractivity contribution in [2.75, 3.05) is 32.7 Å². The van der Waals surface area contributed by atoms with Gasteiger partial charge in [0.25, 0.3) is 0 Å². The quantitative estimate of drug-likeness (QED) is 0.793. The standard InChI is InChI=1S/C13H21N3/c1-11-3-2-4-12(9-11)13(10-14)16-7-5-15-6-8-16/h2-4,9,13,15H,5-8,10,14H2,1H3. The fourth-order valence-electron chi connectivity index (χ4n) is 2.37. The van der Waals surface area contributed by atoms with Crippen molar-refractivity contribution in [3.63, 3.8) is 0 Å². The van der Waals surface area contributed by atoms with Crippen molar-refractivity contribution in [1.82, 2.24) is 10.2 Å². The SMILES string of the molecule is Cc1cccc(C(CN)N2CCNCC2)c1. The van der Waals surface area contributed by atoms with Gasteiger partial charge in [0.1, 0.15) is 0 Å². The molecular formula is C13H21N3. The molecule has 2 rings (SSSR count). The lowest BCUT2D eigenvalue weighted by Gasteiger charge is -2.34. The van der Waals surface area contributed by atoms with Gasteiger partial charge in [-0.05, 0) is 12.5 Å². The van der Waals surface area contributed by atoms with Gasteiger partial charge < -0.3 is 11.1 Å². The summed E-state index contributed by atoms with van der Waals surface area (Å²) < 4.78 is 0. The molecule has 3 nitrogen and oxygen atoms in total. The van der Waals surface area contributed by atoms with Crippen LogP contribution >= 0.6 is 0 Å². The molecule has 1 saturated heterocycles. The first-order valence-electron chi connectivity index (χ1n) is 6.02. The second-order valence-corrected chi connectivity index (χ2v) is 4.45. The van der Waals surface area contributed by atoms with Gasteiger partial charge in [0.15, 0.2) is 0 Å². The van der Waals surface area contributed by atoms with Crippen LogP contribution in [0, 0.1) is 6.92 Å². The van der Waals surface area contributed by atoms with Crippen molar-refractivity contribution < 1.29 is 0 Å². The Morgan fingerprint density at radius 2 is 2.12 bits per heavy atom. The molecule has 1 aromatic carbocycles. The molecule has 1 heterocycles. The largest absolute Gasteiger partial charge is 0.329 e.